The Hall–Kier alpha value is -1.42. The van der Waals surface area contributed by atoms with Crippen molar-refractivity contribution in [1.82, 2.24) is 4.90 Å². The highest BCUT2D eigenvalue weighted by molar-refractivity contribution is 5.76. The van der Waals surface area contributed by atoms with Crippen molar-refractivity contribution in [3.63, 3.8) is 0 Å². The number of carboxylic acid groups (broad SMARTS) is 1. The summed E-state index contributed by atoms with van der Waals surface area (Å²) in [5.74, 6) is -0.668. The van der Waals surface area contributed by atoms with Crippen molar-refractivity contribution in [2.24, 2.45) is 11.3 Å². The predicted molar refractivity (Wildman–Crippen MR) is 73.8 cm³/mol. The number of hydrogen-bond donors (Lipinski definition) is 1. The molecule has 1 aromatic rings. The van der Waals surface area contributed by atoms with Gasteiger partial charge in [0.2, 0.25) is 0 Å². The van der Waals surface area contributed by atoms with E-state index in [-0.39, 0.29) is 17.8 Å². The van der Waals surface area contributed by atoms with Gasteiger partial charge >= 0.3 is 5.97 Å². The molecular weight excluding hydrogens is 257 g/mol. The smallest absolute Gasteiger partial charge is 0.311 e. The van der Waals surface area contributed by atoms with Crippen LogP contribution in [0.3, 0.4) is 0 Å². The zero-order valence-electron chi connectivity index (χ0n) is 11.7. The van der Waals surface area contributed by atoms with Crippen molar-refractivity contribution in [3.05, 3.63) is 35.6 Å². The van der Waals surface area contributed by atoms with E-state index in [1.54, 1.807) is 12.1 Å². The molecular formula is C16H20FNO2. The van der Waals surface area contributed by atoms with Crippen molar-refractivity contribution in [2.75, 3.05) is 13.1 Å². The maximum atomic E-state index is 13.9. The third-order valence-corrected chi connectivity index (χ3v) is 5.23. The minimum atomic E-state index is -0.678. The van der Waals surface area contributed by atoms with Gasteiger partial charge in [-0.3, -0.25) is 9.69 Å². The molecule has 20 heavy (non-hydrogen) atoms. The summed E-state index contributed by atoms with van der Waals surface area (Å²) in [6, 6.07) is 6.71. The fourth-order valence-corrected chi connectivity index (χ4v) is 3.98. The van der Waals surface area contributed by atoms with Crippen LogP contribution in [-0.4, -0.2) is 29.1 Å². The van der Waals surface area contributed by atoms with Crippen LogP contribution in [-0.2, 0) is 4.79 Å². The normalized spacial score (nSPS) is 31.2. The first kappa shape index (κ1) is 13.6. The van der Waals surface area contributed by atoms with Gasteiger partial charge in [0.15, 0.2) is 0 Å². The third kappa shape index (κ3) is 1.94. The largest absolute Gasteiger partial charge is 0.481 e. The van der Waals surface area contributed by atoms with Crippen molar-refractivity contribution < 1.29 is 14.3 Å². The van der Waals surface area contributed by atoms with Crippen LogP contribution in [0.5, 0.6) is 0 Å². The molecule has 1 aliphatic heterocycles. The van der Waals surface area contributed by atoms with Crippen LogP contribution in [0.4, 0.5) is 4.39 Å². The summed E-state index contributed by atoms with van der Waals surface area (Å²) in [4.78, 5) is 13.8. The summed E-state index contributed by atoms with van der Waals surface area (Å²) in [6.07, 6.45) is 2.74. The van der Waals surface area contributed by atoms with Gasteiger partial charge in [0.1, 0.15) is 5.82 Å². The number of likely N-dealkylation sites (tertiary alicyclic amines) is 1. The molecule has 0 amide bonds. The predicted octanol–water partition coefficient (Wildman–Crippen LogP) is 3.07. The lowest BCUT2D eigenvalue weighted by atomic mass is 9.81. The molecule has 0 bridgehead atoms. The molecule has 2 aliphatic rings. The molecule has 1 saturated heterocycles. The van der Waals surface area contributed by atoms with Gasteiger partial charge in [0, 0.05) is 24.7 Å². The summed E-state index contributed by atoms with van der Waals surface area (Å²) < 4.78 is 13.9. The van der Waals surface area contributed by atoms with Crippen molar-refractivity contribution in [2.45, 2.75) is 32.2 Å². The SMILES string of the molecule is CC(c1ccccc1F)N1C[C@@H]2CCC[C@@]2(C(=O)O)C1. The topological polar surface area (TPSA) is 40.5 Å². The Morgan fingerprint density at radius 3 is 2.90 bits per heavy atom. The van der Waals surface area contributed by atoms with Crippen molar-refractivity contribution in [3.8, 4) is 0 Å². The van der Waals surface area contributed by atoms with E-state index in [1.165, 1.54) is 6.07 Å². The van der Waals surface area contributed by atoms with Crippen molar-refractivity contribution >= 4 is 5.97 Å². The summed E-state index contributed by atoms with van der Waals surface area (Å²) in [7, 11) is 0. The van der Waals surface area contributed by atoms with E-state index in [0.29, 0.717) is 12.1 Å². The highest BCUT2D eigenvalue weighted by Gasteiger charge is 2.55. The van der Waals surface area contributed by atoms with E-state index in [9.17, 15) is 14.3 Å². The highest BCUT2D eigenvalue weighted by atomic mass is 19.1. The number of fused-ring (bicyclic) bond motifs is 1. The van der Waals surface area contributed by atoms with Gasteiger partial charge < -0.3 is 5.11 Å². The first-order chi connectivity index (χ1) is 9.54. The van der Waals surface area contributed by atoms with Gasteiger partial charge in [-0.2, -0.15) is 0 Å². The number of benzene rings is 1. The highest BCUT2D eigenvalue weighted by Crippen LogP contribution is 2.50. The summed E-state index contributed by atoms with van der Waals surface area (Å²) in [6.45, 7) is 3.28. The molecule has 1 saturated carbocycles. The molecule has 108 valence electrons. The molecule has 2 fully saturated rings. The molecule has 1 heterocycles. The van der Waals surface area contributed by atoms with Crippen LogP contribution < -0.4 is 0 Å². The van der Waals surface area contributed by atoms with E-state index in [2.05, 4.69) is 4.90 Å². The second-order valence-electron chi connectivity index (χ2n) is 6.18. The average molecular weight is 277 g/mol. The fourth-order valence-electron chi connectivity index (χ4n) is 3.98. The molecule has 3 rings (SSSR count). The van der Waals surface area contributed by atoms with Gasteiger partial charge in [-0.25, -0.2) is 4.39 Å². The Morgan fingerprint density at radius 2 is 2.25 bits per heavy atom. The Balaban J connectivity index is 1.84. The van der Waals surface area contributed by atoms with Crippen LogP contribution in [0.25, 0.3) is 0 Å². The lowest BCUT2D eigenvalue weighted by Gasteiger charge is -2.27. The van der Waals surface area contributed by atoms with Crippen LogP contribution >= 0.6 is 0 Å². The Bertz CT molecular complexity index is 533. The Morgan fingerprint density at radius 1 is 1.50 bits per heavy atom. The number of halogens is 1. The monoisotopic (exact) mass is 277 g/mol. The Kier molecular flexibility index (Phi) is 3.28. The summed E-state index contributed by atoms with van der Waals surface area (Å²) in [5, 5.41) is 9.60. The first-order valence-electron chi connectivity index (χ1n) is 7.26. The van der Waals surface area contributed by atoms with Crippen LogP contribution in [0.15, 0.2) is 24.3 Å². The van der Waals surface area contributed by atoms with Crippen molar-refractivity contribution in [1.29, 1.82) is 0 Å². The molecule has 1 aromatic carbocycles. The maximum absolute atomic E-state index is 13.9. The number of rotatable bonds is 3. The lowest BCUT2D eigenvalue weighted by Crippen LogP contribution is -2.36. The summed E-state index contributed by atoms with van der Waals surface area (Å²) >= 11 is 0. The molecule has 1 N–H and O–H groups in total. The standard InChI is InChI=1S/C16H20FNO2/c1-11(13-6-2-3-7-14(13)17)18-9-12-5-4-8-16(12,10-18)15(19)20/h2-3,6-7,11-12H,4-5,8-10H2,1H3,(H,19,20)/t11?,12-,16+/m0/s1. The van der Waals surface area contributed by atoms with E-state index in [0.717, 1.165) is 25.8 Å². The molecule has 4 heteroatoms. The molecule has 0 radical (unpaired) electrons. The summed E-state index contributed by atoms with van der Waals surface area (Å²) in [5.41, 5.74) is 0.0625. The van der Waals surface area contributed by atoms with E-state index in [4.69, 9.17) is 0 Å². The van der Waals surface area contributed by atoms with Crippen LogP contribution in [0.2, 0.25) is 0 Å². The lowest BCUT2D eigenvalue weighted by molar-refractivity contribution is -0.149. The molecule has 3 nitrogen and oxygen atoms in total. The second-order valence-corrected chi connectivity index (χ2v) is 6.18. The van der Waals surface area contributed by atoms with Crippen LogP contribution in [0.1, 0.15) is 37.8 Å². The minimum absolute atomic E-state index is 0.0713. The van der Waals surface area contributed by atoms with Gasteiger partial charge in [0.25, 0.3) is 0 Å². The number of hydrogen-bond acceptors (Lipinski definition) is 2. The van der Waals surface area contributed by atoms with E-state index >= 15 is 0 Å². The molecule has 3 atom stereocenters. The fraction of sp³-hybridized carbons (Fsp3) is 0.562. The van der Waals surface area contributed by atoms with E-state index < -0.39 is 11.4 Å². The number of aliphatic carboxylic acids is 1. The molecule has 1 aliphatic carbocycles. The van der Waals surface area contributed by atoms with Gasteiger partial charge in [0.05, 0.1) is 5.41 Å². The number of carboxylic acids is 1. The molecule has 0 aromatic heterocycles. The molecule has 0 spiro atoms. The number of nitrogens with zero attached hydrogens (tertiary/aromatic N) is 1. The first-order valence-corrected chi connectivity index (χ1v) is 7.26. The van der Waals surface area contributed by atoms with Gasteiger partial charge in [-0.05, 0) is 31.7 Å². The second kappa shape index (κ2) is 4.85. The van der Waals surface area contributed by atoms with E-state index in [1.807, 2.05) is 13.0 Å². The third-order valence-electron chi connectivity index (χ3n) is 5.23. The molecule has 1 unspecified atom stereocenters. The van der Waals surface area contributed by atoms with Gasteiger partial charge in [-0.15, -0.1) is 0 Å². The van der Waals surface area contributed by atoms with Gasteiger partial charge in [-0.1, -0.05) is 24.6 Å². The zero-order chi connectivity index (χ0) is 14.3. The minimum Gasteiger partial charge on any atom is -0.481 e. The zero-order valence-corrected chi connectivity index (χ0v) is 11.7. The Labute approximate surface area is 118 Å². The average Bonchev–Trinajstić information content (AvgIpc) is 2.96. The number of carbonyl (C=O) groups is 1. The van der Waals surface area contributed by atoms with Crippen LogP contribution in [0, 0.1) is 17.2 Å². The maximum Gasteiger partial charge on any atom is 0.311 e. The quantitative estimate of drug-likeness (QED) is 0.923.